The summed E-state index contributed by atoms with van der Waals surface area (Å²) in [7, 11) is 0. The van der Waals surface area contributed by atoms with Crippen molar-refractivity contribution in [3.8, 4) is 11.8 Å². The van der Waals surface area contributed by atoms with Crippen molar-refractivity contribution in [2.45, 2.75) is 25.9 Å². The van der Waals surface area contributed by atoms with Crippen LogP contribution in [0.1, 0.15) is 25.3 Å². The van der Waals surface area contributed by atoms with Crippen molar-refractivity contribution in [2.75, 3.05) is 29.9 Å². The van der Waals surface area contributed by atoms with Gasteiger partial charge in [-0.3, -0.25) is 9.79 Å². The first-order valence-corrected chi connectivity index (χ1v) is 10.6. The Morgan fingerprint density at radius 3 is 2.76 bits per heavy atom. The minimum absolute atomic E-state index is 0.0238. The Labute approximate surface area is 190 Å². The molecule has 1 atom stereocenters. The van der Waals surface area contributed by atoms with E-state index >= 15 is 0 Å². The van der Waals surface area contributed by atoms with Gasteiger partial charge in [-0.2, -0.15) is 5.26 Å². The fraction of sp³-hybridized carbons (Fsp3) is 0.333. The third-order valence-electron chi connectivity index (χ3n) is 5.77. The number of nitrogens with one attached hydrogen (secondary N) is 1. The summed E-state index contributed by atoms with van der Waals surface area (Å²) >= 11 is 0. The number of hydrogen-bond donors (Lipinski definition) is 1. The minimum atomic E-state index is -0.797. The Morgan fingerprint density at radius 1 is 1.30 bits per heavy atom. The molecule has 2 aliphatic rings. The number of amides is 1. The highest BCUT2D eigenvalue weighted by atomic mass is 19.1. The molecule has 0 spiro atoms. The Kier molecular flexibility index (Phi) is 6.36. The molecular weight excluding hydrogens is 428 g/mol. The summed E-state index contributed by atoms with van der Waals surface area (Å²) in [4.78, 5) is 23.6. The van der Waals surface area contributed by atoms with Gasteiger partial charge < -0.3 is 15.0 Å². The predicted octanol–water partition coefficient (Wildman–Crippen LogP) is 3.86. The van der Waals surface area contributed by atoms with Crippen LogP contribution in [0.2, 0.25) is 0 Å². The Balaban J connectivity index is 1.47. The number of ether oxygens (including phenoxy) is 1. The monoisotopic (exact) mass is 451 g/mol. The zero-order chi connectivity index (χ0) is 23.4. The number of allylic oxidation sites excluding steroid dienone is 1. The fourth-order valence-corrected chi connectivity index (χ4v) is 3.82. The number of carbonyl (C=O) groups is 1. The van der Waals surface area contributed by atoms with Crippen LogP contribution in [-0.4, -0.2) is 42.8 Å². The maximum absolute atomic E-state index is 13.9. The number of nitriles is 1. The van der Waals surface area contributed by atoms with Gasteiger partial charge in [0.1, 0.15) is 18.0 Å². The molecule has 33 heavy (non-hydrogen) atoms. The number of anilines is 2. The second-order valence-corrected chi connectivity index (χ2v) is 8.31. The standard InChI is InChI=1S/C24H23F2N5O2/c1-24(7-2-8-28-15-24)23(32)30-20-11-16(13-27)14-29-22(20)31-9-5-18(6-10-31)33-21-4-3-17(25)12-19(21)26/h2-4,7-8,11-12,14,18H,5-6,9-10,15H2,1H3,(H,30,32). The molecule has 1 N–H and O–H groups in total. The van der Waals surface area contributed by atoms with Gasteiger partial charge in [-0.05, 0) is 31.2 Å². The van der Waals surface area contributed by atoms with Gasteiger partial charge >= 0.3 is 0 Å². The number of carbonyl (C=O) groups excluding carboxylic acids is 1. The highest BCUT2D eigenvalue weighted by molar-refractivity contribution is 5.99. The van der Waals surface area contributed by atoms with E-state index in [9.17, 15) is 18.8 Å². The molecule has 0 aliphatic carbocycles. The normalized spacial score (nSPS) is 20.4. The zero-order valence-electron chi connectivity index (χ0n) is 18.1. The molecule has 9 heteroatoms. The number of aromatic nitrogens is 1. The lowest BCUT2D eigenvalue weighted by molar-refractivity contribution is -0.122. The van der Waals surface area contributed by atoms with Crippen LogP contribution in [0.3, 0.4) is 0 Å². The van der Waals surface area contributed by atoms with E-state index in [-0.39, 0.29) is 17.8 Å². The van der Waals surface area contributed by atoms with Gasteiger partial charge in [0, 0.05) is 44.4 Å². The molecule has 2 aromatic rings. The summed E-state index contributed by atoms with van der Waals surface area (Å²) in [6.07, 6.45) is 7.59. The number of aliphatic imine (C=N–C) groups is 1. The molecule has 2 aliphatic heterocycles. The number of halogens is 2. The minimum Gasteiger partial charge on any atom is -0.487 e. The van der Waals surface area contributed by atoms with Crippen LogP contribution in [0.5, 0.6) is 5.75 Å². The average Bonchev–Trinajstić information content (AvgIpc) is 2.82. The smallest absolute Gasteiger partial charge is 0.236 e. The second-order valence-electron chi connectivity index (χ2n) is 8.31. The summed E-state index contributed by atoms with van der Waals surface area (Å²) in [5, 5.41) is 12.2. The van der Waals surface area contributed by atoms with Crippen LogP contribution in [0, 0.1) is 28.4 Å². The van der Waals surface area contributed by atoms with Crippen molar-refractivity contribution in [2.24, 2.45) is 10.4 Å². The topological polar surface area (TPSA) is 90.6 Å². The van der Waals surface area contributed by atoms with Crippen LogP contribution in [0.4, 0.5) is 20.3 Å². The molecule has 1 saturated heterocycles. The van der Waals surface area contributed by atoms with Gasteiger partial charge in [0.05, 0.1) is 23.2 Å². The maximum atomic E-state index is 13.9. The molecule has 170 valence electrons. The van der Waals surface area contributed by atoms with E-state index in [0.29, 0.717) is 49.5 Å². The molecule has 1 aromatic heterocycles. The van der Waals surface area contributed by atoms with Crippen LogP contribution < -0.4 is 15.0 Å². The summed E-state index contributed by atoms with van der Waals surface area (Å²) in [5.74, 6) is -1.04. The first kappa shape index (κ1) is 22.4. The lowest BCUT2D eigenvalue weighted by Crippen LogP contribution is -2.40. The van der Waals surface area contributed by atoms with Crippen molar-refractivity contribution in [3.63, 3.8) is 0 Å². The van der Waals surface area contributed by atoms with Crippen molar-refractivity contribution < 1.29 is 18.3 Å². The van der Waals surface area contributed by atoms with Crippen LogP contribution in [0.25, 0.3) is 0 Å². The molecule has 0 bridgehead atoms. The molecule has 1 fully saturated rings. The van der Waals surface area contributed by atoms with Crippen molar-refractivity contribution >= 4 is 23.6 Å². The Hall–Kier alpha value is -3.80. The van der Waals surface area contributed by atoms with Crippen molar-refractivity contribution in [1.82, 2.24) is 4.98 Å². The van der Waals surface area contributed by atoms with Gasteiger partial charge in [-0.15, -0.1) is 0 Å². The highest BCUT2D eigenvalue weighted by Gasteiger charge is 2.32. The summed E-state index contributed by atoms with van der Waals surface area (Å²) < 4.78 is 32.8. The molecule has 0 saturated carbocycles. The number of rotatable bonds is 5. The number of hydrogen-bond acceptors (Lipinski definition) is 6. The van der Waals surface area contributed by atoms with E-state index in [1.165, 1.54) is 12.3 Å². The number of pyridine rings is 1. The maximum Gasteiger partial charge on any atom is 0.236 e. The molecule has 1 amide bonds. The zero-order valence-corrected chi connectivity index (χ0v) is 18.1. The van der Waals surface area contributed by atoms with Gasteiger partial charge in [-0.25, -0.2) is 13.8 Å². The third-order valence-corrected chi connectivity index (χ3v) is 5.77. The van der Waals surface area contributed by atoms with Crippen molar-refractivity contribution in [3.05, 3.63) is 59.8 Å². The van der Waals surface area contributed by atoms with Gasteiger partial charge in [0.15, 0.2) is 17.4 Å². The van der Waals surface area contributed by atoms with Crippen LogP contribution in [-0.2, 0) is 4.79 Å². The first-order valence-electron chi connectivity index (χ1n) is 10.6. The number of piperidine rings is 1. The Morgan fingerprint density at radius 2 is 2.09 bits per heavy atom. The van der Waals surface area contributed by atoms with Gasteiger partial charge in [-0.1, -0.05) is 6.08 Å². The second kappa shape index (κ2) is 9.36. The van der Waals surface area contributed by atoms with Crippen molar-refractivity contribution in [1.29, 1.82) is 5.26 Å². The Bertz CT molecular complexity index is 1150. The number of benzene rings is 1. The summed E-state index contributed by atoms with van der Waals surface area (Å²) in [5.41, 5.74) is -0.0112. The summed E-state index contributed by atoms with van der Waals surface area (Å²) in [6.45, 7) is 3.24. The molecule has 1 unspecified atom stereocenters. The predicted molar refractivity (Wildman–Crippen MR) is 120 cm³/mol. The molecule has 7 nitrogen and oxygen atoms in total. The third kappa shape index (κ3) is 5.00. The average molecular weight is 451 g/mol. The molecular formula is C24H23F2N5O2. The van der Waals surface area contributed by atoms with E-state index in [1.54, 1.807) is 31.4 Å². The van der Waals surface area contributed by atoms with E-state index < -0.39 is 17.0 Å². The first-order chi connectivity index (χ1) is 15.9. The number of nitrogens with zero attached hydrogens (tertiary/aromatic N) is 4. The highest BCUT2D eigenvalue weighted by Crippen LogP contribution is 2.31. The van der Waals surface area contributed by atoms with Crippen LogP contribution in [0.15, 0.2) is 47.6 Å². The molecule has 4 rings (SSSR count). The fourth-order valence-electron chi connectivity index (χ4n) is 3.82. The largest absolute Gasteiger partial charge is 0.487 e. The molecule has 1 aromatic carbocycles. The summed E-state index contributed by atoms with van der Waals surface area (Å²) in [6, 6.07) is 6.91. The number of dihydropyridines is 1. The lowest BCUT2D eigenvalue weighted by atomic mass is 9.88. The van der Waals surface area contributed by atoms with E-state index in [2.05, 4.69) is 21.4 Å². The van der Waals surface area contributed by atoms with Gasteiger partial charge in [0.2, 0.25) is 5.91 Å². The SMILES string of the molecule is CC1(C(=O)Nc2cc(C#N)cnc2N2CCC(Oc3ccc(F)cc3F)CC2)C=CC=NC1. The van der Waals surface area contributed by atoms with E-state index in [1.807, 2.05) is 4.90 Å². The molecule has 0 radical (unpaired) electrons. The van der Waals surface area contributed by atoms with E-state index in [4.69, 9.17) is 4.74 Å². The van der Waals surface area contributed by atoms with Gasteiger partial charge in [0.25, 0.3) is 0 Å². The lowest BCUT2D eigenvalue weighted by Gasteiger charge is -2.34. The van der Waals surface area contributed by atoms with Crippen LogP contribution >= 0.6 is 0 Å². The molecule has 3 heterocycles. The quantitative estimate of drug-likeness (QED) is 0.746. The van der Waals surface area contributed by atoms with E-state index in [0.717, 1.165) is 12.1 Å².